The van der Waals surface area contributed by atoms with E-state index in [4.69, 9.17) is 0 Å². The van der Waals surface area contributed by atoms with Gasteiger partial charge in [-0.2, -0.15) is 0 Å². The Balaban J connectivity index is 1.07. The highest BCUT2D eigenvalue weighted by Crippen LogP contribution is 2.60. The predicted octanol–water partition coefficient (Wildman–Crippen LogP) is 16.6. The van der Waals surface area contributed by atoms with Crippen LogP contribution in [0.5, 0.6) is 0 Å². The van der Waals surface area contributed by atoms with E-state index in [1.54, 1.807) is 0 Å². The summed E-state index contributed by atoms with van der Waals surface area (Å²) in [7, 11) is 0. The quantitative estimate of drug-likeness (QED) is 0.122. The van der Waals surface area contributed by atoms with Crippen molar-refractivity contribution in [3.8, 4) is 22.3 Å². The lowest BCUT2D eigenvalue weighted by molar-refractivity contribution is 0.550. The van der Waals surface area contributed by atoms with Gasteiger partial charge in [0.15, 0.2) is 0 Å². The standard InChI is InChI=1S/C60H48N2/c1-3-19-41(20-4-1)61(43-31-33-47-45-23-11-13-29-53(45)59(55(47)39-43)35-15-16-36-59)57-49-25-7-9-27-51(49)58(52-28-10-8-26-50(52)57)62(42-21-5-2-6-22-42)44-32-34-48-46-24-12-14-30-54(46)60(56(48)40-44)37-17-18-38-60/h1-14,19-34,39-40H,15-18,35-38H2. The Labute approximate surface area is 364 Å². The lowest BCUT2D eigenvalue weighted by Gasteiger charge is -2.34. The van der Waals surface area contributed by atoms with Crippen LogP contribution < -0.4 is 9.80 Å². The van der Waals surface area contributed by atoms with E-state index in [1.165, 1.54) is 140 Å². The molecule has 0 amide bonds. The highest BCUT2D eigenvalue weighted by molar-refractivity contribution is 6.23. The highest BCUT2D eigenvalue weighted by atomic mass is 15.2. The molecule has 62 heavy (non-hydrogen) atoms. The highest BCUT2D eigenvalue weighted by Gasteiger charge is 2.46. The zero-order chi connectivity index (χ0) is 40.8. The Morgan fingerprint density at radius 3 is 0.984 bits per heavy atom. The van der Waals surface area contributed by atoms with Crippen LogP contribution in [-0.4, -0.2) is 0 Å². The zero-order valence-corrected chi connectivity index (χ0v) is 35.0. The van der Waals surface area contributed by atoms with E-state index in [2.05, 4.69) is 204 Å². The first-order valence-corrected chi connectivity index (χ1v) is 22.9. The summed E-state index contributed by atoms with van der Waals surface area (Å²) in [5, 5.41) is 4.91. The molecule has 9 aromatic carbocycles. The van der Waals surface area contributed by atoms with Gasteiger partial charge in [0.05, 0.1) is 11.4 Å². The molecule has 2 fully saturated rings. The van der Waals surface area contributed by atoms with Gasteiger partial charge in [-0.15, -0.1) is 0 Å². The maximum absolute atomic E-state index is 2.56. The van der Waals surface area contributed by atoms with E-state index in [9.17, 15) is 0 Å². The number of nitrogens with zero attached hydrogens (tertiary/aromatic N) is 2. The third kappa shape index (κ3) is 5.04. The minimum absolute atomic E-state index is 0.0722. The van der Waals surface area contributed by atoms with Gasteiger partial charge in [0, 0.05) is 55.1 Å². The van der Waals surface area contributed by atoms with Crippen LogP contribution in [-0.2, 0) is 10.8 Å². The number of benzene rings is 9. The van der Waals surface area contributed by atoms with Crippen LogP contribution in [0.4, 0.5) is 34.1 Å². The van der Waals surface area contributed by atoms with E-state index < -0.39 is 0 Å². The van der Waals surface area contributed by atoms with Crippen molar-refractivity contribution in [3.05, 3.63) is 216 Å². The molecule has 0 heterocycles. The summed E-state index contributed by atoms with van der Waals surface area (Å²) in [6.07, 6.45) is 9.91. The molecule has 2 heteroatoms. The summed E-state index contributed by atoms with van der Waals surface area (Å²) in [5.41, 5.74) is 19.0. The minimum atomic E-state index is 0.0722. The largest absolute Gasteiger partial charge is 0.309 e. The third-order valence-electron chi connectivity index (χ3n) is 15.3. The van der Waals surface area contributed by atoms with E-state index in [0.29, 0.717) is 0 Å². The summed E-state index contributed by atoms with van der Waals surface area (Å²) < 4.78 is 0. The molecular formula is C60H48N2. The Morgan fingerprint density at radius 1 is 0.274 bits per heavy atom. The lowest BCUT2D eigenvalue weighted by Crippen LogP contribution is -2.21. The van der Waals surface area contributed by atoms with Crippen molar-refractivity contribution in [2.45, 2.75) is 62.2 Å². The number of anilines is 6. The molecule has 2 spiro atoms. The van der Waals surface area contributed by atoms with Crippen LogP contribution in [0, 0.1) is 0 Å². The fourth-order valence-corrected chi connectivity index (χ4v) is 12.7. The van der Waals surface area contributed by atoms with Gasteiger partial charge < -0.3 is 9.80 Å². The van der Waals surface area contributed by atoms with Crippen LogP contribution in [0.1, 0.15) is 73.6 Å². The third-order valence-corrected chi connectivity index (χ3v) is 15.3. The van der Waals surface area contributed by atoms with Crippen molar-refractivity contribution in [3.63, 3.8) is 0 Å². The minimum Gasteiger partial charge on any atom is -0.309 e. The first-order chi connectivity index (χ1) is 30.7. The van der Waals surface area contributed by atoms with Crippen LogP contribution in [0.3, 0.4) is 0 Å². The lowest BCUT2D eigenvalue weighted by atomic mass is 9.76. The van der Waals surface area contributed by atoms with Gasteiger partial charge >= 0.3 is 0 Å². The van der Waals surface area contributed by atoms with Gasteiger partial charge in [-0.1, -0.05) is 171 Å². The predicted molar refractivity (Wildman–Crippen MR) is 260 cm³/mol. The molecule has 0 N–H and O–H groups in total. The normalized spacial score (nSPS) is 16.1. The summed E-state index contributed by atoms with van der Waals surface area (Å²) in [4.78, 5) is 5.12. The van der Waals surface area contributed by atoms with E-state index in [0.717, 1.165) is 11.4 Å². The molecule has 0 radical (unpaired) electrons. The molecule has 0 saturated heterocycles. The maximum Gasteiger partial charge on any atom is 0.0619 e. The second-order valence-corrected chi connectivity index (χ2v) is 18.3. The van der Waals surface area contributed by atoms with Crippen molar-refractivity contribution in [1.82, 2.24) is 0 Å². The van der Waals surface area contributed by atoms with E-state index in [1.807, 2.05) is 0 Å². The topological polar surface area (TPSA) is 6.48 Å². The van der Waals surface area contributed by atoms with Gasteiger partial charge in [-0.05, 0) is 119 Å². The SMILES string of the molecule is c1ccc(N(c2ccc3c(c2)C2(CCCC2)c2ccccc2-3)c2c3ccccc3c(N(c3ccccc3)c3ccc4c(c3)C3(CCCC3)c3ccccc3-4)c3ccccc23)cc1. The van der Waals surface area contributed by atoms with Crippen LogP contribution in [0.25, 0.3) is 43.8 Å². The van der Waals surface area contributed by atoms with E-state index >= 15 is 0 Å². The van der Waals surface area contributed by atoms with Crippen molar-refractivity contribution < 1.29 is 0 Å². The van der Waals surface area contributed by atoms with Crippen molar-refractivity contribution >= 4 is 55.7 Å². The Hall–Kier alpha value is -6.90. The number of rotatable bonds is 6. The first kappa shape index (κ1) is 35.8. The van der Waals surface area contributed by atoms with Gasteiger partial charge in [-0.25, -0.2) is 0 Å². The summed E-state index contributed by atoms with van der Waals surface area (Å²) >= 11 is 0. The smallest absolute Gasteiger partial charge is 0.0619 e. The van der Waals surface area contributed by atoms with Gasteiger partial charge in [0.2, 0.25) is 0 Å². The molecule has 0 atom stereocenters. The number of hydrogen-bond acceptors (Lipinski definition) is 2. The molecule has 4 aliphatic carbocycles. The van der Waals surface area contributed by atoms with E-state index in [-0.39, 0.29) is 10.8 Å². The Kier molecular flexibility index (Phi) is 7.98. The average Bonchev–Trinajstić information content (AvgIpc) is 4.15. The Bertz CT molecular complexity index is 2930. The molecule has 2 saturated carbocycles. The molecule has 2 nitrogen and oxygen atoms in total. The summed E-state index contributed by atoms with van der Waals surface area (Å²) in [6.45, 7) is 0. The van der Waals surface area contributed by atoms with Crippen molar-refractivity contribution in [1.29, 1.82) is 0 Å². The second kappa shape index (κ2) is 13.8. The van der Waals surface area contributed by atoms with Gasteiger partial charge in [-0.3, -0.25) is 0 Å². The molecule has 0 aromatic heterocycles. The van der Waals surface area contributed by atoms with Gasteiger partial charge in [0.25, 0.3) is 0 Å². The fraction of sp³-hybridized carbons (Fsp3) is 0.167. The second-order valence-electron chi connectivity index (χ2n) is 18.3. The molecule has 0 bridgehead atoms. The molecule has 298 valence electrons. The molecule has 9 aromatic rings. The molecule has 13 rings (SSSR count). The van der Waals surface area contributed by atoms with Crippen LogP contribution in [0.2, 0.25) is 0 Å². The van der Waals surface area contributed by atoms with Crippen molar-refractivity contribution in [2.75, 3.05) is 9.80 Å². The molecular weight excluding hydrogens is 749 g/mol. The summed E-state index contributed by atoms with van der Waals surface area (Å²) in [6, 6.07) is 73.6. The number of hydrogen-bond donors (Lipinski definition) is 0. The summed E-state index contributed by atoms with van der Waals surface area (Å²) in [5.74, 6) is 0. The number of fused-ring (bicyclic) bond motifs is 12. The molecule has 0 aliphatic heterocycles. The first-order valence-electron chi connectivity index (χ1n) is 22.9. The van der Waals surface area contributed by atoms with Crippen molar-refractivity contribution in [2.24, 2.45) is 0 Å². The molecule has 4 aliphatic rings. The average molecular weight is 797 g/mol. The monoisotopic (exact) mass is 796 g/mol. The maximum atomic E-state index is 2.56. The molecule has 0 unspecified atom stereocenters. The zero-order valence-electron chi connectivity index (χ0n) is 35.0. The van der Waals surface area contributed by atoms with Gasteiger partial charge in [0.1, 0.15) is 0 Å². The number of para-hydroxylation sites is 2. The Morgan fingerprint density at radius 2 is 0.597 bits per heavy atom. The fourth-order valence-electron chi connectivity index (χ4n) is 12.7. The van der Waals surface area contributed by atoms with Crippen LogP contribution in [0.15, 0.2) is 194 Å². The van der Waals surface area contributed by atoms with Crippen LogP contribution >= 0.6 is 0 Å².